The van der Waals surface area contributed by atoms with Crippen LogP contribution in [0.3, 0.4) is 0 Å². The van der Waals surface area contributed by atoms with Gasteiger partial charge in [0.15, 0.2) is 17.3 Å². The molecule has 0 atom stereocenters. The molecule has 9 nitrogen and oxygen atoms in total. The van der Waals surface area contributed by atoms with E-state index in [4.69, 9.17) is 19.3 Å². The predicted octanol–water partition coefficient (Wildman–Crippen LogP) is 6.23. The Labute approximate surface area is 264 Å². The van der Waals surface area contributed by atoms with Gasteiger partial charge in [-0.25, -0.2) is 4.68 Å². The summed E-state index contributed by atoms with van der Waals surface area (Å²) >= 11 is 1.29. The van der Waals surface area contributed by atoms with Gasteiger partial charge in [0.1, 0.15) is 11.4 Å². The van der Waals surface area contributed by atoms with Crippen LogP contribution in [0.5, 0.6) is 17.2 Å². The molecule has 6 aromatic rings. The van der Waals surface area contributed by atoms with E-state index < -0.39 is 0 Å². The van der Waals surface area contributed by atoms with Crippen LogP contribution >= 0.6 is 11.3 Å². The average molecular weight is 620 g/mol. The highest BCUT2D eigenvalue weighted by atomic mass is 32.1. The molecule has 3 heterocycles. The Hall–Kier alpha value is -5.22. The Kier molecular flexibility index (Phi) is 8.74. The van der Waals surface area contributed by atoms with Gasteiger partial charge in [0.25, 0.3) is 5.56 Å². The highest BCUT2D eigenvalue weighted by molar-refractivity contribution is 7.15. The standard InChI is InChI=1S/C35H33N5O4S/c1-5-18-44-28-16-14-25(19-23(28)3)33-26(22-39(38-33)27-10-8-7-9-11-27)21-31-34(41)40-35(45-31)36-32(37-40)17-13-24-12-15-29(43-6-2)30(20-24)42-4/h7-17,19-22H,5-6,18H2,1-4H3/b17-13+,31-21-. The minimum atomic E-state index is -0.234. The third-order valence-corrected chi connectivity index (χ3v) is 8.03. The van der Waals surface area contributed by atoms with Crippen LogP contribution in [0.2, 0.25) is 0 Å². The molecule has 0 aliphatic rings. The van der Waals surface area contributed by atoms with Crippen molar-refractivity contribution >= 4 is 34.5 Å². The molecule has 3 aromatic carbocycles. The highest BCUT2D eigenvalue weighted by Gasteiger charge is 2.15. The van der Waals surface area contributed by atoms with Gasteiger partial charge in [-0.3, -0.25) is 4.79 Å². The molecule has 0 bridgehead atoms. The molecule has 10 heteroatoms. The fourth-order valence-electron chi connectivity index (χ4n) is 4.89. The number of nitrogens with zero attached hydrogens (tertiary/aromatic N) is 5. The quantitative estimate of drug-likeness (QED) is 0.170. The Balaban J connectivity index is 1.35. The van der Waals surface area contributed by atoms with Crippen molar-refractivity contribution in [2.45, 2.75) is 27.2 Å². The minimum Gasteiger partial charge on any atom is -0.493 e. The monoisotopic (exact) mass is 619 g/mol. The molecule has 0 radical (unpaired) electrons. The summed E-state index contributed by atoms with van der Waals surface area (Å²) in [6.07, 6.45) is 8.39. The van der Waals surface area contributed by atoms with E-state index in [2.05, 4.69) is 23.1 Å². The molecular formula is C35H33N5O4S. The van der Waals surface area contributed by atoms with Crippen LogP contribution < -0.4 is 24.3 Å². The van der Waals surface area contributed by atoms with Gasteiger partial charge in [0.2, 0.25) is 4.96 Å². The molecule has 3 aromatic heterocycles. The first-order valence-electron chi connectivity index (χ1n) is 14.8. The number of para-hydroxylation sites is 1. The maximum absolute atomic E-state index is 13.5. The number of thiazole rings is 1. The first kappa shape index (κ1) is 29.8. The fourth-order valence-corrected chi connectivity index (χ4v) is 5.80. The van der Waals surface area contributed by atoms with Gasteiger partial charge < -0.3 is 14.2 Å². The molecule has 45 heavy (non-hydrogen) atoms. The first-order valence-corrected chi connectivity index (χ1v) is 15.6. The van der Waals surface area contributed by atoms with Crippen molar-refractivity contribution in [3.8, 4) is 34.2 Å². The summed E-state index contributed by atoms with van der Waals surface area (Å²) in [5.74, 6) is 2.62. The van der Waals surface area contributed by atoms with E-state index in [-0.39, 0.29) is 5.56 Å². The van der Waals surface area contributed by atoms with Crippen molar-refractivity contribution in [1.82, 2.24) is 24.4 Å². The lowest BCUT2D eigenvalue weighted by atomic mass is 10.0. The molecule has 0 fully saturated rings. The largest absolute Gasteiger partial charge is 0.493 e. The Bertz CT molecular complexity index is 2100. The van der Waals surface area contributed by atoms with E-state index in [0.717, 1.165) is 45.8 Å². The van der Waals surface area contributed by atoms with Crippen molar-refractivity contribution < 1.29 is 14.2 Å². The first-order chi connectivity index (χ1) is 22.0. The lowest BCUT2D eigenvalue weighted by molar-refractivity contribution is 0.311. The second-order valence-electron chi connectivity index (χ2n) is 10.3. The lowest BCUT2D eigenvalue weighted by Crippen LogP contribution is -2.23. The predicted molar refractivity (Wildman–Crippen MR) is 179 cm³/mol. The van der Waals surface area contributed by atoms with E-state index in [1.807, 2.05) is 97.5 Å². The Morgan fingerprint density at radius 1 is 0.911 bits per heavy atom. The Morgan fingerprint density at radius 3 is 2.47 bits per heavy atom. The van der Waals surface area contributed by atoms with E-state index in [1.165, 1.54) is 15.9 Å². The second kappa shape index (κ2) is 13.2. The summed E-state index contributed by atoms with van der Waals surface area (Å²) in [6, 6.07) is 21.6. The molecule has 0 saturated carbocycles. The SMILES string of the molecule is CCCOc1ccc(-c2nn(-c3ccccc3)cc2/C=c2\sc3nc(/C=C/c4ccc(OCC)c(OC)c4)nn3c2=O)cc1C. The summed E-state index contributed by atoms with van der Waals surface area (Å²) in [4.78, 5) is 18.6. The zero-order chi connectivity index (χ0) is 31.3. The van der Waals surface area contributed by atoms with Crippen LogP contribution in [-0.4, -0.2) is 44.7 Å². The molecule has 0 unspecified atom stereocenters. The van der Waals surface area contributed by atoms with Crippen LogP contribution in [0.25, 0.3) is 40.1 Å². The Morgan fingerprint density at radius 2 is 1.73 bits per heavy atom. The molecule has 0 amide bonds. The van der Waals surface area contributed by atoms with Crippen molar-refractivity contribution in [3.63, 3.8) is 0 Å². The molecule has 0 aliphatic carbocycles. The maximum Gasteiger partial charge on any atom is 0.291 e. The molecule has 0 spiro atoms. The number of hydrogen-bond donors (Lipinski definition) is 0. The van der Waals surface area contributed by atoms with Crippen LogP contribution in [0.15, 0.2) is 77.7 Å². The summed E-state index contributed by atoms with van der Waals surface area (Å²) in [5, 5.41) is 9.39. The number of methoxy groups -OCH3 is 1. The number of fused-ring (bicyclic) bond motifs is 1. The van der Waals surface area contributed by atoms with E-state index in [9.17, 15) is 4.79 Å². The van der Waals surface area contributed by atoms with E-state index in [1.54, 1.807) is 13.2 Å². The van der Waals surface area contributed by atoms with Crippen molar-refractivity contribution in [3.05, 3.63) is 110 Å². The van der Waals surface area contributed by atoms with Crippen molar-refractivity contribution in [1.29, 1.82) is 0 Å². The van der Waals surface area contributed by atoms with Gasteiger partial charge in [0, 0.05) is 17.3 Å². The zero-order valence-electron chi connectivity index (χ0n) is 25.6. The van der Waals surface area contributed by atoms with Crippen LogP contribution in [0, 0.1) is 6.92 Å². The van der Waals surface area contributed by atoms with Crippen LogP contribution in [-0.2, 0) is 0 Å². The second-order valence-corrected chi connectivity index (χ2v) is 11.3. The number of aromatic nitrogens is 5. The van der Waals surface area contributed by atoms with E-state index in [0.29, 0.717) is 40.0 Å². The van der Waals surface area contributed by atoms with Gasteiger partial charge >= 0.3 is 0 Å². The average Bonchev–Trinajstić information content (AvgIpc) is 3.75. The van der Waals surface area contributed by atoms with Gasteiger partial charge in [-0.1, -0.05) is 48.6 Å². The molecule has 228 valence electrons. The number of benzene rings is 3. The fraction of sp³-hybridized carbons (Fsp3) is 0.200. The maximum atomic E-state index is 13.5. The summed E-state index contributed by atoms with van der Waals surface area (Å²) < 4.78 is 20.6. The van der Waals surface area contributed by atoms with Crippen LogP contribution in [0.4, 0.5) is 0 Å². The van der Waals surface area contributed by atoms with Gasteiger partial charge in [0.05, 0.1) is 30.5 Å². The third kappa shape index (κ3) is 6.37. The number of rotatable bonds is 11. The summed E-state index contributed by atoms with van der Waals surface area (Å²) in [6.45, 7) is 7.26. The summed E-state index contributed by atoms with van der Waals surface area (Å²) in [7, 11) is 1.61. The molecule has 0 aliphatic heterocycles. The topological polar surface area (TPSA) is 92.8 Å². The number of aryl methyl sites for hydroxylation is 1. The summed E-state index contributed by atoms with van der Waals surface area (Å²) in [5.41, 5.74) is 5.11. The normalized spacial score (nSPS) is 12.0. The molecule has 0 N–H and O–H groups in total. The van der Waals surface area contributed by atoms with Gasteiger partial charge in [-0.2, -0.15) is 14.6 Å². The van der Waals surface area contributed by atoms with Gasteiger partial charge in [-0.15, -0.1) is 5.10 Å². The lowest BCUT2D eigenvalue weighted by Gasteiger charge is -2.09. The minimum absolute atomic E-state index is 0.234. The smallest absolute Gasteiger partial charge is 0.291 e. The molecule has 0 saturated heterocycles. The highest BCUT2D eigenvalue weighted by Crippen LogP contribution is 2.30. The van der Waals surface area contributed by atoms with Gasteiger partial charge in [-0.05, 0) is 86.0 Å². The zero-order valence-corrected chi connectivity index (χ0v) is 26.4. The number of hydrogen-bond acceptors (Lipinski definition) is 8. The molecule has 6 rings (SSSR count). The third-order valence-electron chi connectivity index (χ3n) is 7.07. The van der Waals surface area contributed by atoms with E-state index >= 15 is 0 Å². The van der Waals surface area contributed by atoms with Crippen molar-refractivity contribution in [2.75, 3.05) is 20.3 Å². The number of ether oxygens (including phenoxy) is 3. The van der Waals surface area contributed by atoms with Crippen molar-refractivity contribution in [2.24, 2.45) is 0 Å². The molecular weight excluding hydrogens is 586 g/mol. The van der Waals surface area contributed by atoms with Crippen LogP contribution in [0.1, 0.15) is 42.8 Å².